The van der Waals surface area contributed by atoms with Gasteiger partial charge in [0.05, 0.1) is 32.6 Å². The van der Waals surface area contributed by atoms with Crippen LogP contribution in [0, 0.1) is 12.7 Å². The van der Waals surface area contributed by atoms with Crippen molar-refractivity contribution in [2.45, 2.75) is 49.4 Å². The van der Waals surface area contributed by atoms with Crippen LogP contribution >= 0.6 is 11.6 Å². The quantitative estimate of drug-likeness (QED) is 0.304. The van der Waals surface area contributed by atoms with Crippen LogP contribution in [-0.4, -0.2) is 74.8 Å². The Morgan fingerprint density at radius 1 is 1.20 bits per heavy atom. The number of carbonyl (C=O) groups excluding carboxylic acids is 1. The summed E-state index contributed by atoms with van der Waals surface area (Å²) in [6.07, 6.45) is 4.34. The lowest BCUT2D eigenvalue weighted by Crippen LogP contribution is -2.54. The standard InChI is InChI=1S/C31H30ClFN6O5S/c1-4-24(41)37-13-14-38(18(3)16-37)28-20-15-21(32)26(25-22(33)9-6-10-23(25)40)35-29(20)39(31(42)36-28)27-17(2)11-12-34-30(27)45(43,44)19-7-5-8-19/h4,6,9-12,15,18-19,40H,1,5,7-8,13-14,16H2,2-3H3/t18-/m0/s1. The van der Waals surface area contributed by atoms with E-state index in [1.54, 1.807) is 17.9 Å². The third-order valence-electron chi connectivity index (χ3n) is 8.49. The highest BCUT2D eigenvalue weighted by Crippen LogP contribution is 2.40. The number of benzene rings is 1. The number of aromatic nitrogens is 4. The van der Waals surface area contributed by atoms with Crippen LogP contribution in [0.3, 0.4) is 0 Å². The van der Waals surface area contributed by atoms with Gasteiger partial charge < -0.3 is 14.9 Å². The molecule has 1 atom stereocenters. The van der Waals surface area contributed by atoms with E-state index in [4.69, 9.17) is 11.6 Å². The van der Waals surface area contributed by atoms with Crippen LogP contribution in [0.15, 0.2) is 59.0 Å². The first kappa shape index (κ1) is 30.7. The number of carbonyl (C=O) groups is 1. The van der Waals surface area contributed by atoms with E-state index in [0.29, 0.717) is 38.0 Å². The van der Waals surface area contributed by atoms with Crippen LogP contribution in [0.2, 0.25) is 5.02 Å². The highest BCUT2D eigenvalue weighted by Gasteiger charge is 2.37. The fraction of sp³-hybridized carbons (Fsp3) is 0.323. The summed E-state index contributed by atoms with van der Waals surface area (Å²) in [7, 11) is -3.94. The van der Waals surface area contributed by atoms with Crippen molar-refractivity contribution in [2.75, 3.05) is 24.5 Å². The summed E-state index contributed by atoms with van der Waals surface area (Å²) in [5.41, 5.74) is -0.899. The minimum Gasteiger partial charge on any atom is -0.507 e. The molecule has 0 bridgehead atoms. The fourth-order valence-electron chi connectivity index (χ4n) is 5.89. The van der Waals surface area contributed by atoms with Gasteiger partial charge in [-0.2, -0.15) is 4.98 Å². The molecule has 1 amide bonds. The summed E-state index contributed by atoms with van der Waals surface area (Å²) < 4.78 is 43.7. The highest BCUT2D eigenvalue weighted by molar-refractivity contribution is 7.92. The molecule has 4 heterocycles. The molecular weight excluding hydrogens is 623 g/mol. The van der Waals surface area contributed by atoms with Gasteiger partial charge in [-0.05, 0) is 62.6 Å². The van der Waals surface area contributed by atoms with Gasteiger partial charge in [0.2, 0.25) is 15.7 Å². The maximum absolute atomic E-state index is 15.1. The molecule has 45 heavy (non-hydrogen) atoms. The number of phenolic OH excluding ortho intramolecular Hbond substituents is 1. The number of rotatable bonds is 6. The van der Waals surface area contributed by atoms with Crippen molar-refractivity contribution in [1.82, 2.24) is 24.4 Å². The summed E-state index contributed by atoms with van der Waals surface area (Å²) >= 11 is 6.71. The number of aryl methyl sites for hydroxylation is 1. The van der Waals surface area contributed by atoms with Gasteiger partial charge in [0.25, 0.3) is 0 Å². The van der Waals surface area contributed by atoms with Gasteiger partial charge in [-0.15, -0.1) is 0 Å². The Hall–Kier alpha value is -4.36. The molecule has 11 nitrogen and oxygen atoms in total. The van der Waals surface area contributed by atoms with Crippen molar-refractivity contribution in [3.8, 4) is 22.7 Å². The van der Waals surface area contributed by atoms with E-state index in [9.17, 15) is 23.1 Å². The minimum atomic E-state index is -3.94. The monoisotopic (exact) mass is 652 g/mol. The van der Waals surface area contributed by atoms with Gasteiger partial charge in [0, 0.05) is 31.9 Å². The van der Waals surface area contributed by atoms with Gasteiger partial charge in [-0.3, -0.25) is 4.79 Å². The Labute approximate surface area is 263 Å². The van der Waals surface area contributed by atoms with E-state index in [-0.39, 0.29) is 55.8 Å². The van der Waals surface area contributed by atoms with Crippen molar-refractivity contribution in [1.29, 1.82) is 0 Å². The van der Waals surface area contributed by atoms with E-state index in [1.165, 1.54) is 30.5 Å². The first-order valence-electron chi connectivity index (χ1n) is 14.4. The topological polar surface area (TPSA) is 139 Å². The number of piperazine rings is 1. The molecule has 1 saturated carbocycles. The van der Waals surface area contributed by atoms with Crippen LogP contribution in [0.25, 0.3) is 28.0 Å². The second-order valence-corrected chi connectivity index (χ2v) is 13.8. The summed E-state index contributed by atoms with van der Waals surface area (Å²) in [5, 5.41) is 9.94. The minimum absolute atomic E-state index is 0.00794. The molecule has 14 heteroatoms. The van der Waals surface area contributed by atoms with E-state index in [1.807, 2.05) is 11.8 Å². The van der Waals surface area contributed by atoms with Gasteiger partial charge in [0.1, 0.15) is 17.4 Å². The number of aromatic hydroxyl groups is 1. The molecule has 2 fully saturated rings. The van der Waals surface area contributed by atoms with Crippen LogP contribution in [0.5, 0.6) is 5.75 Å². The molecule has 1 N–H and O–H groups in total. The SMILES string of the molecule is C=CC(=O)N1CCN(c2nc(=O)n(-c3c(C)ccnc3S(=O)(=O)C3CCC3)c3nc(-c4c(O)cccc4F)c(Cl)cc23)[C@@H](C)C1. The molecule has 1 aliphatic carbocycles. The average Bonchev–Trinajstić information content (AvgIpc) is 2.96. The molecule has 3 aromatic heterocycles. The van der Waals surface area contributed by atoms with Gasteiger partial charge in [0.15, 0.2) is 10.7 Å². The Morgan fingerprint density at radius 3 is 2.60 bits per heavy atom. The third-order valence-corrected chi connectivity index (χ3v) is 11.0. The van der Waals surface area contributed by atoms with Gasteiger partial charge in [-0.25, -0.2) is 32.1 Å². The van der Waals surface area contributed by atoms with Crippen molar-refractivity contribution >= 4 is 44.2 Å². The van der Waals surface area contributed by atoms with Crippen LogP contribution in [0.4, 0.5) is 10.2 Å². The second kappa shape index (κ2) is 11.5. The zero-order chi connectivity index (χ0) is 32.2. The lowest BCUT2D eigenvalue weighted by atomic mass is 10.00. The van der Waals surface area contributed by atoms with Crippen LogP contribution in [-0.2, 0) is 14.6 Å². The molecule has 0 spiro atoms. The molecule has 0 unspecified atom stereocenters. The number of sulfone groups is 1. The van der Waals surface area contributed by atoms with Crippen LogP contribution < -0.4 is 10.6 Å². The van der Waals surface area contributed by atoms with Gasteiger partial charge in [-0.1, -0.05) is 30.7 Å². The molecule has 4 aromatic rings. The largest absolute Gasteiger partial charge is 0.507 e. The Morgan fingerprint density at radius 2 is 1.96 bits per heavy atom. The summed E-state index contributed by atoms with van der Waals surface area (Å²) in [4.78, 5) is 43.2. The van der Waals surface area contributed by atoms with Crippen molar-refractivity contribution < 1.29 is 22.7 Å². The number of pyridine rings is 2. The van der Waals surface area contributed by atoms with Gasteiger partial charge >= 0.3 is 5.69 Å². The Balaban J connectivity index is 1.66. The fourth-order valence-corrected chi connectivity index (χ4v) is 8.14. The highest BCUT2D eigenvalue weighted by atomic mass is 35.5. The number of halogens is 2. The Bertz CT molecular complexity index is 2030. The number of anilines is 1. The predicted molar refractivity (Wildman–Crippen MR) is 168 cm³/mol. The van der Waals surface area contributed by atoms with E-state index >= 15 is 4.39 Å². The number of nitrogens with zero attached hydrogens (tertiary/aromatic N) is 6. The first-order valence-corrected chi connectivity index (χ1v) is 16.4. The van der Waals surface area contributed by atoms with E-state index < -0.39 is 32.3 Å². The third kappa shape index (κ3) is 5.13. The van der Waals surface area contributed by atoms with E-state index in [2.05, 4.69) is 21.5 Å². The molecule has 1 saturated heterocycles. The molecule has 1 aliphatic heterocycles. The van der Waals surface area contributed by atoms with Crippen LogP contribution in [0.1, 0.15) is 31.7 Å². The molecule has 234 valence electrons. The number of hydrogen-bond donors (Lipinski definition) is 1. The Kier molecular flexibility index (Phi) is 7.86. The number of phenols is 1. The molecule has 0 radical (unpaired) electrons. The second-order valence-electron chi connectivity index (χ2n) is 11.3. The molecule has 1 aromatic carbocycles. The van der Waals surface area contributed by atoms with Crippen molar-refractivity contribution in [3.05, 3.63) is 76.1 Å². The number of fused-ring (bicyclic) bond motifs is 1. The smallest absolute Gasteiger partial charge is 0.355 e. The van der Waals surface area contributed by atoms with Crippen molar-refractivity contribution in [3.63, 3.8) is 0 Å². The first-order chi connectivity index (χ1) is 21.4. The normalized spacial score (nSPS) is 17.4. The molecule has 2 aliphatic rings. The summed E-state index contributed by atoms with van der Waals surface area (Å²) in [5.74, 6) is -1.22. The number of hydrogen-bond acceptors (Lipinski definition) is 9. The number of amides is 1. The zero-order valence-electron chi connectivity index (χ0n) is 24.6. The molecular formula is C31H30ClFN6O5S. The summed E-state index contributed by atoms with van der Waals surface area (Å²) in [6, 6.07) is 6.52. The average molecular weight is 653 g/mol. The predicted octanol–water partition coefficient (Wildman–Crippen LogP) is 4.20. The molecule has 6 rings (SSSR count). The maximum Gasteiger partial charge on any atom is 0.355 e. The van der Waals surface area contributed by atoms with E-state index in [0.717, 1.165) is 17.1 Å². The zero-order valence-corrected chi connectivity index (χ0v) is 26.1. The van der Waals surface area contributed by atoms with Crippen molar-refractivity contribution in [2.24, 2.45) is 0 Å². The lowest BCUT2D eigenvalue weighted by molar-refractivity contribution is -0.126. The maximum atomic E-state index is 15.1. The lowest BCUT2D eigenvalue weighted by Gasteiger charge is -2.40. The summed E-state index contributed by atoms with van der Waals surface area (Å²) in [6.45, 7) is 8.05.